The fraction of sp³-hybridized carbons (Fsp3) is 0.500. The summed E-state index contributed by atoms with van der Waals surface area (Å²) in [5, 5.41) is 0. The fourth-order valence-electron chi connectivity index (χ4n) is 2.14. The molecule has 1 aromatic rings. The molecule has 2 rings (SSSR count). The predicted molar refractivity (Wildman–Crippen MR) is 74.7 cm³/mol. The predicted octanol–water partition coefficient (Wildman–Crippen LogP) is 1.81. The van der Waals surface area contributed by atoms with Crippen molar-refractivity contribution in [3.63, 3.8) is 0 Å². The average molecular weight is 333 g/mol. The molecular weight excluding hydrogens is 316 g/mol. The molecule has 0 aromatic heterocycles. The first-order valence-corrected chi connectivity index (χ1v) is 8.23. The van der Waals surface area contributed by atoms with Gasteiger partial charge in [0.05, 0.1) is 4.90 Å². The van der Waals surface area contributed by atoms with Gasteiger partial charge in [0, 0.05) is 17.6 Å². The Labute approximate surface area is 116 Å². The quantitative estimate of drug-likeness (QED) is 0.918. The molecule has 1 saturated heterocycles. The highest BCUT2D eigenvalue weighted by Gasteiger charge is 2.28. The zero-order chi connectivity index (χ0) is 13.2. The number of halogens is 1. The molecule has 1 aliphatic rings. The summed E-state index contributed by atoms with van der Waals surface area (Å²) in [4.78, 5) is 0.358. The Morgan fingerprint density at radius 3 is 2.28 bits per heavy atom. The highest BCUT2D eigenvalue weighted by atomic mass is 79.9. The van der Waals surface area contributed by atoms with Crippen molar-refractivity contribution in [1.82, 2.24) is 4.31 Å². The van der Waals surface area contributed by atoms with Crippen molar-refractivity contribution in [2.45, 2.75) is 17.7 Å². The standard InChI is InChI=1S/C12H17BrN2O2S/c13-11-1-3-12(4-2-11)18(16,17)15-7-5-10(9-14)6-8-15/h1-4,10H,5-9,14H2. The van der Waals surface area contributed by atoms with Crippen LogP contribution in [0.25, 0.3) is 0 Å². The zero-order valence-corrected chi connectivity index (χ0v) is 12.5. The first kappa shape index (κ1) is 14.0. The number of benzene rings is 1. The molecule has 0 saturated carbocycles. The van der Waals surface area contributed by atoms with E-state index in [0.717, 1.165) is 17.3 Å². The van der Waals surface area contributed by atoms with E-state index in [2.05, 4.69) is 15.9 Å². The molecule has 1 heterocycles. The lowest BCUT2D eigenvalue weighted by atomic mass is 9.99. The van der Waals surface area contributed by atoms with Crippen LogP contribution in [0.3, 0.4) is 0 Å². The lowest BCUT2D eigenvalue weighted by Crippen LogP contribution is -2.39. The van der Waals surface area contributed by atoms with Crippen LogP contribution in [-0.2, 0) is 10.0 Å². The van der Waals surface area contributed by atoms with E-state index < -0.39 is 10.0 Å². The summed E-state index contributed by atoms with van der Waals surface area (Å²) in [6.45, 7) is 1.78. The molecule has 4 nitrogen and oxygen atoms in total. The minimum absolute atomic E-state index is 0.358. The van der Waals surface area contributed by atoms with E-state index in [-0.39, 0.29) is 0 Å². The van der Waals surface area contributed by atoms with Crippen LogP contribution in [0.15, 0.2) is 33.6 Å². The van der Waals surface area contributed by atoms with E-state index in [1.54, 1.807) is 28.6 Å². The topological polar surface area (TPSA) is 63.4 Å². The van der Waals surface area contributed by atoms with Gasteiger partial charge in [0.25, 0.3) is 0 Å². The molecule has 18 heavy (non-hydrogen) atoms. The average Bonchev–Trinajstić information content (AvgIpc) is 2.39. The van der Waals surface area contributed by atoms with E-state index in [1.165, 1.54) is 0 Å². The summed E-state index contributed by atoms with van der Waals surface area (Å²) >= 11 is 3.30. The van der Waals surface area contributed by atoms with Crippen LogP contribution in [0, 0.1) is 5.92 Å². The molecular formula is C12H17BrN2O2S. The number of nitrogens with two attached hydrogens (primary N) is 1. The normalized spacial score (nSPS) is 19.0. The van der Waals surface area contributed by atoms with Crippen LogP contribution in [0.1, 0.15) is 12.8 Å². The van der Waals surface area contributed by atoms with Crippen LogP contribution in [0.4, 0.5) is 0 Å². The Hall–Kier alpha value is -0.430. The minimum Gasteiger partial charge on any atom is -0.330 e. The monoisotopic (exact) mass is 332 g/mol. The second-order valence-corrected chi connectivity index (χ2v) is 7.39. The molecule has 0 atom stereocenters. The molecule has 1 aromatic carbocycles. The van der Waals surface area contributed by atoms with Crippen molar-refractivity contribution < 1.29 is 8.42 Å². The largest absolute Gasteiger partial charge is 0.330 e. The molecule has 0 amide bonds. The second kappa shape index (κ2) is 5.69. The Morgan fingerprint density at radius 2 is 1.78 bits per heavy atom. The van der Waals surface area contributed by atoms with Gasteiger partial charge in [-0.15, -0.1) is 0 Å². The van der Waals surface area contributed by atoms with Crippen molar-refractivity contribution in [1.29, 1.82) is 0 Å². The van der Waals surface area contributed by atoms with Gasteiger partial charge in [-0.05, 0) is 49.6 Å². The molecule has 0 bridgehead atoms. The van der Waals surface area contributed by atoms with Gasteiger partial charge in [-0.2, -0.15) is 4.31 Å². The number of hydrogen-bond donors (Lipinski definition) is 1. The summed E-state index contributed by atoms with van der Waals surface area (Å²) in [6, 6.07) is 6.77. The van der Waals surface area contributed by atoms with Gasteiger partial charge in [0.1, 0.15) is 0 Å². The third-order valence-electron chi connectivity index (χ3n) is 3.36. The first-order valence-electron chi connectivity index (χ1n) is 6.00. The Kier molecular flexibility index (Phi) is 4.42. The molecule has 100 valence electrons. The SMILES string of the molecule is NCC1CCN(S(=O)(=O)c2ccc(Br)cc2)CC1. The summed E-state index contributed by atoms with van der Waals surface area (Å²) in [7, 11) is -3.34. The van der Waals surface area contributed by atoms with Crippen molar-refractivity contribution in [2.75, 3.05) is 19.6 Å². The molecule has 0 spiro atoms. The van der Waals surface area contributed by atoms with Gasteiger partial charge in [0.2, 0.25) is 10.0 Å². The molecule has 1 fully saturated rings. The van der Waals surface area contributed by atoms with Crippen LogP contribution in [0.5, 0.6) is 0 Å². The van der Waals surface area contributed by atoms with Gasteiger partial charge < -0.3 is 5.73 Å². The van der Waals surface area contributed by atoms with Crippen molar-refractivity contribution in [3.05, 3.63) is 28.7 Å². The lowest BCUT2D eigenvalue weighted by molar-refractivity contribution is 0.278. The maximum absolute atomic E-state index is 12.4. The number of sulfonamides is 1. The van der Waals surface area contributed by atoms with Crippen LogP contribution in [-0.4, -0.2) is 32.4 Å². The van der Waals surface area contributed by atoms with Crippen LogP contribution >= 0.6 is 15.9 Å². The van der Waals surface area contributed by atoms with Crippen LogP contribution < -0.4 is 5.73 Å². The third kappa shape index (κ3) is 2.93. The number of nitrogens with zero attached hydrogens (tertiary/aromatic N) is 1. The van der Waals surface area contributed by atoms with Gasteiger partial charge in [-0.25, -0.2) is 8.42 Å². The van der Waals surface area contributed by atoms with Crippen molar-refractivity contribution >= 4 is 26.0 Å². The van der Waals surface area contributed by atoms with E-state index in [9.17, 15) is 8.42 Å². The summed E-state index contributed by atoms with van der Waals surface area (Å²) in [5.74, 6) is 0.460. The molecule has 6 heteroatoms. The molecule has 1 aliphatic heterocycles. The highest BCUT2D eigenvalue weighted by Crippen LogP contribution is 2.24. The van der Waals surface area contributed by atoms with Gasteiger partial charge in [-0.3, -0.25) is 0 Å². The lowest BCUT2D eigenvalue weighted by Gasteiger charge is -2.30. The number of rotatable bonds is 3. The first-order chi connectivity index (χ1) is 8.54. The molecule has 0 aliphatic carbocycles. The Morgan fingerprint density at radius 1 is 1.22 bits per heavy atom. The van der Waals surface area contributed by atoms with Crippen LogP contribution in [0.2, 0.25) is 0 Å². The third-order valence-corrected chi connectivity index (χ3v) is 5.80. The summed E-state index contributed by atoms with van der Waals surface area (Å²) in [5.41, 5.74) is 5.61. The van der Waals surface area contributed by atoms with Crippen molar-refractivity contribution in [3.8, 4) is 0 Å². The van der Waals surface area contributed by atoms with E-state index >= 15 is 0 Å². The summed E-state index contributed by atoms with van der Waals surface area (Å²) in [6.07, 6.45) is 1.71. The maximum Gasteiger partial charge on any atom is 0.243 e. The van der Waals surface area contributed by atoms with Gasteiger partial charge in [0.15, 0.2) is 0 Å². The molecule has 0 radical (unpaired) electrons. The maximum atomic E-state index is 12.4. The fourth-order valence-corrected chi connectivity index (χ4v) is 3.88. The second-order valence-electron chi connectivity index (χ2n) is 4.54. The van der Waals surface area contributed by atoms with Gasteiger partial charge >= 0.3 is 0 Å². The van der Waals surface area contributed by atoms with E-state index in [0.29, 0.717) is 30.4 Å². The number of hydrogen-bond acceptors (Lipinski definition) is 3. The van der Waals surface area contributed by atoms with Crippen molar-refractivity contribution in [2.24, 2.45) is 11.7 Å². The smallest absolute Gasteiger partial charge is 0.243 e. The zero-order valence-electron chi connectivity index (χ0n) is 10.0. The molecule has 0 unspecified atom stereocenters. The van der Waals surface area contributed by atoms with E-state index in [4.69, 9.17) is 5.73 Å². The highest BCUT2D eigenvalue weighted by molar-refractivity contribution is 9.10. The minimum atomic E-state index is -3.34. The Balaban J connectivity index is 2.15. The number of piperidine rings is 1. The molecule has 2 N–H and O–H groups in total. The van der Waals surface area contributed by atoms with Gasteiger partial charge in [-0.1, -0.05) is 15.9 Å². The Bertz CT molecular complexity index is 493. The van der Waals surface area contributed by atoms with E-state index in [1.807, 2.05) is 0 Å². The summed E-state index contributed by atoms with van der Waals surface area (Å²) < 4.78 is 27.2.